The first-order valence-corrected chi connectivity index (χ1v) is 15.9. The lowest BCUT2D eigenvalue weighted by molar-refractivity contribution is -0.287. The van der Waals surface area contributed by atoms with Crippen LogP contribution in [0.5, 0.6) is 0 Å². The molecule has 43 heavy (non-hydrogen) atoms. The van der Waals surface area contributed by atoms with Gasteiger partial charge in [-0.3, -0.25) is 4.79 Å². The Kier molecular flexibility index (Phi) is 7.15. The smallest absolute Gasteiger partial charge is 0.331 e. The van der Waals surface area contributed by atoms with Crippen LogP contribution in [0.1, 0.15) is 78.6 Å². The number of hydrogen-bond donors (Lipinski definition) is 2. The van der Waals surface area contributed by atoms with Gasteiger partial charge in [0.25, 0.3) is 0 Å². The fourth-order valence-corrected chi connectivity index (χ4v) is 10.7. The van der Waals surface area contributed by atoms with E-state index in [0.29, 0.717) is 44.9 Å². The molecule has 11 heteroatoms. The van der Waals surface area contributed by atoms with Gasteiger partial charge in [-0.2, -0.15) is 0 Å². The van der Waals surface area contributed by atoms with Gasteiger partial charge in [0.15, 0.2) is 6.29 Å². The Labute approximate surface area is 251 Å². The van der Waals surface area contributed by atoms with Crippen molar-refractivity contribution in [3.05, 3.63) is 11.6 Å². The molecule has 2 N–H and O–H groups in total. The Balaban J connectivity index is 1.15. The van der Waals surface area contributed by atoms with Gasteiger partial charge in [-0.1, -0.05) is 6.92 Å². The molecule has 11 nitrogen and oxygen atoms in total. The van der Waals surface area contributed by atoms with Gasteiger partial charge in [-0.15, -0.1) is 0 Å². The number of aldehydes is 1. The molecule has 238 valence electrons. The molecule has 0 aromatic heterocycles. The normalized spacial score (nSPS) is 52.3. The SMILES string of the molecule is CC(=O)O[C@@H]1C[C@]2(O)[C@@H]3CC[C@]4(O)C[C@@H](O[C@@H]5O[C@H](C)C[C@H]6OCO[C@@H]56)CC[C@]4(C=O)[C@H]3CC[C@]2(C)[C@H]1C1=CC(=O)OC1. The summed E-state index contributed by atoms with van der Waals surface area (Å²) >= 11 is 0. The van der Waals surface area contributed by atoms with Crippen LogP contribution < -0.4 is 0 Å². The largest absolute Gasteiger partial charge is 0.462 e. The summed E-state index contributed by atoms with van der Waals surface area (Å²) in [7, 11) is 0. The van der Waals surface area contributed by atoms with Crippen LogP contribution in [0.3, 0.4) is 0 Å². The van der Waals surface area contributed by atoms with Gasteiger partial charge < -0.3 is 43.4 Å². The predicted octanol–water partition coefficient (Wildman–Crippen LogP) is 2.34. The Hall–Kier alpha value is -1.89. The summed E-state index contributed by atoms with van der Waals surface area (Å²) < 4.78 is 35.1. The van der Waals surface area contributed by atoms with E-state index in [1.54, 1.807) is 0 Å². The fourth-order valence-electron chi connectivity index (χ4n) is 10.7. The van der Waals surface area contributed by atoms with Crippen molar-refractivity contribution in [2.75, 3.05) is 13.4 Å². The molecule has 7 aliphatic rings. The maximum atomic E-state index is 13.2. The molecule has 0 aromatic carbocycles. The summed E-state index contributed by atoms with van der Waals surface area (Å²) in [6, 6.07) is 0. The van der Waals surface area contributed by atoms with Crippen LogP contribution in [0.4, 0.5) is 0 Å². The molecule has 0 amide bonds. The number of esters is 2. The Bertz CT molecular complexity index is 1200. The third-order valence-electron chi connectivity index (χ3n) is 12.5. The molecule has 0 bridgehead atoms. The molecule has 3 heterocycles. The minimum absolute atomic E-state index is 0.0443. The van der Waals surface area contributed by atoms with Crippen LogP contribution >= 0.6 is 0 Å². The average molecular weight is 605 g/mol. The molecule has 4 aliphatic carbocycles. The maximum absolute atomic E-state index is 13.2. The number of fused-ring (bicyclic) bond motifs is 6. The molecule has 13 atom stereocenters. The van der Waals surface area contributed by atoms with Crippen molar-refractivity contribution < 1.29 is 53.0 Å². The first kappa shape index (κ1) is 29.8. The molecule has 0 aromatic rings. The standard InChI is InChI=1S/C32H44O11/c1-17-10-23-27(40-16-39-23)28(41-17)43-20-4-8-30(15-33)21-5-7-29(3)26(19-11-25(35)38-14-19)24(42-18(2)34)13-32(29,37)22(21)6-9-31(30,36)12-20/h11,15,17,20-24,26-28,36-37H,4-10,12-14,16H2,1-3H3/t17-,20+,21+,22-,23-,24-,26+,27-,28+,29-,30+,31+,32+/m1/s1. The van der Waals surface area contributed by atoms with E-state index in [-0.39, 0.29) is 62.0 Å². The monoisotopic (exact) mass is 604 g/mol. The molecule has 7 rings (SSSR count). The van der Waals surface area contributed by atoms with Gasteiger partial charge in [0.05, 0.1) is 34.9 Å². The average Bonchev–Trinajstić information content (AvgIpc) is 3.63. The summed E-state index contributed by atoms with van der Waals surface area (Å²) in [6.45, 7) is 5.68. The molecule has 2 saturated heterocycles. The predicted molar refractivity (Wildman–Crippen MR) is 147 cm³/mol. The van der Waals surface area contributed by atoms with Crippen LogP contribution in [0.2, 0.25) is 0 Å². The number of cyclic esters (lactones) is 1. The van der Waals surface area contributed by atoms with Crippen LogP contribution in [-0.2, 0) is 42.8 Å². The summed E-state index contributed by atoms with van der Waals surface area (Å²) in [4.78, 5) is 37.4. The summed E-state index contributed by atoms with van der Waals surface area (Å²) in [5, 5.41) is 25.0. The Morgan fingerprint density at radius 3 is 2.60 bits per heavy atom. The van der Waals surface area contributed by atoms with Gasteiger partial charge in [-0.05, 0) is 62.9 Å². The zero-order valence-corrected chi connectivity index (χ0v) is 25.2. The lowest BCUT2D eigenvalue weighted by Gasteiger charge is -2.65. The van der Waals surface area contributed by atoms with E-state index in [9.17, 15) is 24.6 Å². The van der Waals surface area contributed by atoms with Crippen molar-refractivity contribution in [2.24, 2.45) is 28.6 Å². The van der Waals surface area contributed by atoms with Crippen molar-refractivity contribution in [1.29, 1.82) is 0 Å². The highest BCUT2D eigenvalue weighted by Crippen LogP contribution is 2.70. The van der Waals surface area contributed by atoms with Gasteiger partial charge in [-0.25, -0.2) is 4.79 Å². The molecular formula is C32H44O11. The summed E-state index contributed by atoms with van der Waals surface area (Å²) in [6.07, 6.45) is 4.72. The van der Waals surface area contributed by atoms with Crippen molar-refractivity contribution in [2.45, 2.75) is 127 Å². The number of carbonyl (C=O) groups is 3. The summed E-state index contributed by atoms with van der Waals surface area (Å²) in [5.74, 6) is -1.79. The van der Waals surface area contributed by atoms with E-state index in [0.717, 1.165) is 18.3 Å². The Morgan fingerprint density at radius 2 is 1.88 bits per heavy atom. The highest BCUT2D eigenvalue weighted by Gasteiger charge is 2.74. The maximum Gasteiger partial charge on any atom is 0.331 e. The molecule has 4 saturated carbocycles. The van der Waals surface area contributed by atoms with E-state index in [2.05, 4.69) is 0 Å². The lowest BCUT2D eigenvalue weighted by Crippen LogP contribution is -2.69. The number of carbonyl (C=O) groups excluding carboxylic acids is 3. The zero-order chi connectivity index (χ0) is 30.4. The molecule has 3 aliphatic heterocycles. The van der Waals surface area contributed by atoms with Crippen LogP contribution in [0.15, 0.2) is 11.6 Å². The number of ether oxygens (including phenoxy) is 6. The zero-order valence-electron chi connectivity index (χ0n) is 25.2. The first-order valence-electron chi connectivity index (χ1n) is 15.9. The third kappa shape index (κ3) is 4.32. The molecule has 6 fully saturated rings. The number of aliphatic hydroxyl groups is 2. The fraction of sp³-hybridized carbons (Fsp3) is 0.844. The van der Waals surface area contributed by atoms with E-state index in [4.69, 9.17) is 28.4 Å². The van der Waals surface area contributed by atoms with Gasteiger partial charge in [0.2, 0.25) is 0 Å². The van der Waals surface area contributed by atoms with Gasteiger partial charge in [0.1, 0.15) is 31.9 Å². The van der Waals surface area contributed by atoms with Crippen LogP contribution in [-0.4, -0.2) is 89.8 Å². The second-order valence-electron chi connectivity index (χ2n) is 14.5. The van der Waals surface area contributed by atoms with Crippen LogP contribution in [0.25, 0.3) is 0 Å². The second-order valence-corrected chi connectivity index (χ2v) is 14.5. The van der Waals surface area contributed by atoms with Gasteiger partial charge in [0, 0.05) is 43.6 Å². The second kappa shape index (κ2) is 10.3. The molecule has 0 radical (unpaired) electrons. The highest BCUT2D eigenvalue weighted by molar-refractivity contribution is 5.85. The van der Waals surface area contributed by atoms with E-state index < -0.39 is 46.4 Å². The minimum Gasteiger partial charge on any atom is -0.462 e. The minimum atomic E-state index is -1.29. The van der Waals surface area contributed by atoms with Crippen molar-refractivity contribution in [3.8, 4) is 0 Å². The number of hydrogen-bond acceptors (Lipinski definition) is 11. The van der Waals surface area contributed by atoms with E-state index in [1.165, 1.54) is 13.0 Å². The summed E-state index contributed by atoms with van der Waals surface area (Å²) in [5.41, 5.74) is -3.57. The van der Waals surface area contributed by atoms with E-state index >= 15 is 0 Å². The number of rotatable bonds is 5. The molecule has 0 spiro atoms. The Morgan fingerprint density at radius 1 is 1.09 bits per heavy atom. The highest BCUT2D eigenvalue weighted by atomic mass is 16.8. The van der Waals surface area contributed by atoms with Crippen molar-refractivity contribution in [3.63, 3.8) is 0 Å². The van der Waals surface area contributed by atoms with E-state index in [1.807, 2.05) is 13.8 Å². The molecule has 0 unspecified atom stereocenters. The van der Waals surface area contributed by atoms with Crippen molar-refractivity contribution >= 4 is 18.2 Å². The van der Waals surface area contributed by atoms with Crippen molar-refractivity contribution in [1.82, 2.24) is 0 Å². The van der Waals surface area contributed by atoms with Crippen LogP contribution in [0, 0.1) is 28.6 Å². The quantitative estimate of drug-likeness (QED) is 0.271. The lowest BCUT2D eigenvalue weighted by atomic mass is 9.41. The topological polar surface area (TPSA) is 147 Å². The first-order chi connectivity index (χ1) is 20.4. The third-order valence-corrected chi connectivity index (χ3v) is 12.5. The molecular weight excluding hydrogens is 560 g/mol. The van der Waals surface area contributed by atoms with Gasteiger partial charge >= 0.3 is 11.9 Å².